The number of anilines is 2. The van der Waals surface area contributed by atoms with Crippen molar-refractivity contribution in [3.05, 3.63) is 57.9 Å². The standard InChI is InChI=1S/C30H37N5O6/c1-16(2)27(30(38)33-25-12-13-35(4)34-25)32-22-11-9-19-20(15-23(22)37)21(31-17(3)36)10-8-18-14-24(39-5)28(40-6)29(41-7)26(18)19/h9,11-16,21,27H,8,10H2,1-7H3,(H,31,36)(H,32,37)(H,33,34,38). The quantitative estimate of drug-likeness (QED) is 0.359. The summed E-state index contributed by atoms with van der Waals surface area (Å²) >= 11 is 0. The van der Waals surface area contributed by atoms with Crippen LogP contribution < -0.4 is 35.6 Å². The lowest BCUT2D eigenvalue weighted by Gasteiger charge is -2.21. The smallest absolute Gasteiger partial charge is 0.248 e. The maximum absolute atomic E-state index is 13.7. The number of methoxy groups -OCH3 is 3. The van der Waals surface area contributed by atoms with Gasteiger partial charge in [-0.1, -0.05) is 19.9 Å². The zero-order chi connectivity index (χ0) is 29.8. The highest BCUT2D eigenvalue weighted by molar-refractivity contribution is 5.96. The number of nitrogens with zero attached hydrogens (tertiary/aromatic N) is 2. The van der Waals surface area contributed by atoms with Crippen LogP contribution in [0.25, 0.3) is 11.1 Å². The van der Waals surface area contributed by atoms with Crippen LogP contribution in [0.2, 0.25) is 0 Å². The Bertz CT molecular complexity index is 1520. The highest BCUT2D eigenvalue weighted by Gasteiger charge is 2.30. The summed E-state index contributed by atoms with van der Waals surface area (Å²) in [6.45, 7) is 5.24. The van der Waals surface area contributed by atoms with Crippen molar-refractivity contribution in [2.75, 3.05) is 32.0 Å². The molecule has 1 aliphatic rings. The van der Waals surface area contributed by atoms with Gasteiger partial charge in [-0.3, -0.25) is 19.1 Å². The molecule has 3 N–H and O–H groups in total. The van der Waals surface area contributed by atoms with E-state index in [1.54, 1.807) is 44.3 Å². The Morgan fingerprint density at radius 2 is 1.78 bits per heavy atom. The summed E-state index contributed by atoms with van der Waals surface area (Å²) < 4.78 is 18.7. The number of aryl methyl sites for hydroxylation is 2. The first-order valence-electron chi connectivity index (χ1n) is 13.4. The van der Waals surface area contributed by atoms with Crippen LogP contribution in [0.1, 0.15) is 44.4 Å². The molecule has 2 atom stereocenters. The van der Waals surface area contributed by atoms with E-state index in [1.165, 1.54) is 20.1 Å². The minimum Gasteiger partial charge on any atom is -0.493 e. The number of carbonyl (C=O) groups is 2. The fraction of sp³-hybridized carbons (Fsp3) is 0.400. The molecule has 0 saturated carbocycles. The predicted molar refractivity (Wildman–Crippen MR) is 157 cm³/mol. The Labute approximate surface area is 239 Å². The second kappa shape index (κ2) is 12.3. The summed E-state index contributed by atoms with van der Waals surface area (Å²) in [6.07, 6.45) is 2.87. The topological polar surface area (TPSA) is 133 Å². The van der Waals surface area contributed by atoms with Crippen molar-refractivity contribution in [3.8, 4) is 28.4 Å². The van der Waals surface area contributed by atoms with Gasteiger partial charge in [0.05, 0.1) is 33.1 Å². The van der Waals surface area contributed by atoms with E-state index in [2.05, 4.69) is 21.0 Å². The molecule has 0 fully saturated rings. The highest BCUT2D eigenvalue weighted by atomic mass is 16.5. The molecule has 1 aromatic heterocycles. The Morgan fingerprint density at radius 1 is 1.05 bits per heavy atom. The molecule has 218 valence electrons. The van der Waals surface area contributed by atoms with Gasteiger partial charge in [0, 0.05) is 31.8 Å². The molecule has 4 rings (SSSR count). The van der Waals surface area contributed by atoms with E-state index in [9.17, 15) is 14.4 Å². The maximum Gasteiger partial charge on any atom is 0.248 e. The highest BCUT2D eigenvalue weighted by Crippen LogP contribution is 2.50. The molecule has 11 heteroatoms. The molecule has 11 nitrogen and oxygen atoms in total. The van der Waals surface area contributed by atoms with Crippen molar-refractivity contribution in [1.82, 2.24) is 15.1 Å². The minimum atomic E-state index is -0.718. The van der Waals surface area contributed by atoms with E-state index in [0.29, 0.717) is 47.0 Å². The SMILES string of the molecule is COc1cc2c(c(OC)c1OC)-c1ccc(NC(C(=O)Nc3ccn(C)n3)C(C)C)c(=O)cc1C(NC(C)=O)CC2. The molecular weight excluding hydrogens is 526 g/mol. The third-order valence-corrected chi connectivity index (χ3v) is 7.14. The van der Waals surface area contributed by atoms with Gasteiger partial charge in [0.2, 0.25) is 23.0 Å². The first-order valence-corrected chi connectivity index (χ1v) is 13.4. The molecule has 0 radical (unpaired) electrons. The average Bonchev–Trinajstić information content (AvgIpc) is 3.19. The molecule has 41 heavy (non-hydrogen) atoms. The number of fused-ring (bicyclic) bond motifs is 3. The van der Waals surface area contributed by atoms with Crippen LogP contribution in [0.4, 0.5) is 11.5 Å². The van der Waals surface area contributed by atoms with Crippen LogP contribution in [-0.4, -0.2) is 49.0 Å². The lowest BCUT2D eigenvalue weighted by atomic mass is 9.95. The molecule has 3 aromatic rings. The van der Waals surface area contributed by atoms with Gasteiger partial charge >= 0.3 is 0 Å². The van der Waals surface area contributed by atoms with Crippen molar-refractivity contribution < 1.29 is 23.8 Å². The van der Waals surface area contributed by atoms with Gasteiger partial charge in [0.15, 0.2) is 17.3 Å². The molecule has 0 bridgehead atoms. The van der Waals surface area contributed by atoms with Gasteiger partial charge in [-0.25, -0.2) is 0 Å². The Balaban J connectivity index is 1.86. The van der Waals surface area contributed by atoms with Crippen molar-refractivity contribution in [2.45, 2.75) is 45.7 Å². The number of amides is 2. The third kappa shape index (κ3) is 6.13. The normalized spacial score (nSPS) is 14.7. The van der Waals surface area contributed by atoms with Gasteiger partial charge in [-0.15, -0.1) is 0 Å². The molecule has 1 heterocycles. The summed E-state index contributed by atoms with van der Waals surface area (Å²) in [4.78, 5) is 39.1. The summed E-state index contributed by atoms with van der Waals surface area (Å²) in [6, 6.07) is 7.46. The predicted octanol–water partition coefficient (Wildman–Crippen LogP) is 3.67. The summed E-state index contributed by atoms with van der Waals surface area (Å²) in [7, 11) is 6.41. The molecule has 0 spiro atoms. The summed E-state index contributed by atoms with van der Waals surface area (Å²) in [5.41, 5.74) is 2.95. The van der Waals surface area contributed by atoms with Crippen LogP contribution in [0.5, 0.6) is 17.2 Å². The van der Waals surface area contributed by atoms with Crippen LogP contribution in [0, 0.1) is 5.92 Å². The molecule has 0 saturated heterocycles. The molecule has 0 aliphatic heterocycles. The molecule has 2 unspecified atom stereocenters. The van der Waals surface area contributed by atoms with Crippen LogP contribution in [0.3, 0.4) is 0 Å². The van der Waals surface area contributed by atoms with E-state index < -0.39 is 12.1 Å². The van der Waals surface area contributed by atoms with E-state index in [0.717, 1.165) is 11.1 Å². The van der Waals surface area contributed by atoms with Gasteiger partial charge in [0.1, 0.15) is 6.04 Å². The van der Waals surface area contributed by atoms with Gasteiger partial charge in [-0.05, 0) is 53.6 Å². The average molecular weight is 564 g/mol. The Morgan fingerprint density at radius 3 is 2.37 bits per heavy atom. The number of ether oxygens (including phenoxy) is 3. The number of aromatic nitrogens is 2. The van der Waals surface area contributed by atoms with Crippen LogP contribution >= 0.6 is 0 Å². The van der Waals surface area contributed by atoms with Crippen LogP contribution in [-0.2, 0) is 23.1 Å². The Hall–Kier alpha value is -4.54. The van der Waals surface area contributed by atoms with Crippen molar-refractivity contribution in [1.29, 1.82) is 0 Å². The molecule has 1 aliphatic carbocycles. The first kappa shape index (κ1) is 29.4. The third-order valence-electron chi connectivity index (χ3n) is 7.14. The molecule has 2 amide bonds. The lowest BCUT2D eigenvalue weighted by Crippen LogP contribution is -2.40. The molecule has 2 aromatic carbocycles. The van der Waals surface area contributed by atoms with Crippen molar-refractivity contribution >= 4 is 23.3 Å². The molecular formula is C30H37N5O6. The second-order valence-corrected chi connectivity index (χ2v) is 10.3. The van der Waals surface area contributed by atoms with Gasteiger partial charge in [-0.2, -0.15) is 5.10 Å². The maximum atomic E-state index is 13.7. The number of carbonyl (C=O) groups excluding carboxylic acids is 2. The Kier molecular flexibility index (Phi) is 8.85. The van der Waals surface area contributed by atoms with E-state index in [-0.39, 0.29) is 28.8 Å². The number of hydrogen-bond donors (Lipinski definition) is 3. The number of rotatable bonds is 9. The monoisotopic (exact) mass is 563 g/mol. The first-order chi connectivity index (χ1) is 19.6. The summed E-state index contributed by atoms with van der Waals surface area (Å²) in [5, 5.41) is 13.2. The number of hydrogen-bond acceptors (Lipinski definition) is 8. The second-order valence-electron chi connectivity index (χ2n) is 10.3. The van der Waals surface area contributed by atoms with E-state index in [4.69, 9.17) is 14.2 Å². The fourth-order valence-corrected chi connectivity index (χ4v) is 5.22. The van der Waals surface area contributed by atoms with Gasteiger partial charge in [0.25, 0.3) is 0 Å². The zero-order valence-electron chi connectivity index (χ0n) is 24.5. The van der Waals surface area contributed by atoms with Crippen LogP contribution in [0.15, 0.2) is 41.3 Å². The van der Waals surface area contributed by atoms with Crippen molar-refractivity contribution in [2.24, 2.45) is 13.0 Å². The summed E-state index contributed by atoms with van der Waals surface area (Å²) in [5.74, 6) is 1.16. The zero-order valence-corrected chi connectivity index (χ0v) is 24.5. The largest absolute Gasteiger partial charge is 0.493 e. The minimum absolute atomic E-state index is 0.147. The fourth-order valence-electron chi connectivity index (χ4n) is 5.22. The van der Waals surface area contributed by atoms with E-state index in [1.807, 2.05) is 26.0 Å². The van der Waals surface area contributed by atoms with E-state index >= 15 is 0 Å². The lowest BCUT2D eigenvalue weighted by molar-refractivity contribution is -0.120. The number of benzene rings is 1. The van der Waals surface area contributed by atoms with Crippen molar-refractivity contribution in [3.63, 3.8) is 0 Å². The number of nitrogens with one attached hydrogen (secondary N) is 3. The van der Waals surface area contributed by atoms with Gasteiger partial charge < -0.3 is 30.2 Å².